The van der Waals surface area contributed by atoms with Gasteiger partial charge in [-0.3, -0.25) is 5.73 Å². The molecule has 1 aromatic rings. The molecule has 128 valence electrons. The molecule has 0 atom stereocenters. The summed E-state index contributed by atoms with van der Waals surface area (Å²) in [4.78, 5) is 0. The normalized spacial score (nSPS) is 10.5. The van der Waals surface area contributed by atoms with Gasteiger partial charge in [-0.2, -0.15) is 5.26 Å². The molecule has 5 heteroatoms. The zero-order chi connectivity index (χ0) is 17.1. The smallest absolute Gasteiger partial charge is 0.275 e. The topological polar surface area (TPSA) is 65.7 Å². The number of nitriles is 1. The molecule has 23 heavy (non-hydrogen) atoms. The van der Waals surface area contributed by atoms with E-state index in [9.17, 15) is 5.26 Å². The summed E-state index contributed by atoms with van der Waals surface area (Å²) >= 11 is 6.42. The van der Waals surface area contributed by atoms with Gasteiger partial charge in [0.15, 0.2) is 0 Å². The van der Waals surface area contributed by atoms with Gasteiger partial charge in [-0.05, 0) is 30.9 Å². The van der Waals surface area contributed by atoms with Gasteiger partial charge in [0, 0.05) is 6.54 Å². The molecular weight excluding hydrogens is 308 g/mol. The third-order valence-electron chi connectivity index (χ3n) is 4.01. The lowest BCUT2D eigenvalue weighted by atomic mass is 10.2. The lowest BCUT2D eigenvalue weighted by Gasteiger charge is -2.12. The first-order chi connectivity index (χ1) is 11.2. The molecule has 0 unspecified atom stereocenters. The first-order valence-corrected chi connectivity index (χ1v) is 9.19. The minimum Gasteiger partial charge on any atom is -0.384 e. The molecule has 4 nitrogen and oxygen atoms in total. The number of rotatable bonds is 11. The number of nitrogen functional groups attached to an aromatic ring is 1. The molecule has 0 fully saturated rings. The average Bonchev–Trinajstić information content (AvgIpc) is 2.54. The number of hydrogen-bond acceptors (Lipinski definition) is 3. The van der Waals surface area contributed by atoms with Crippen LogP contribution in [0.2, 0.25) is 5.15 Å². The number of nitrogens with one attached hydrogen (secondary N) is 1. The highest BCUT2D eigenvalue weighted by Gasteiger charge is 2.19. The van der Waals surface area contributed by atoms with E-state index in [0.29, 0.717) is 16.5 Å². The molecule has 1 aromatic heterocycles. The molecule has 0 saturated heterocycles. The molecule has 0 radical (unpaired) electrons. The van der Waals surface area contributed by atoms with Crippen molar-refractivity contribution in [2.75, 3.05) is 17.6 Å². The average molecular weight is 338 g/mol. The Kier molecular flexibility index (Phi) is 9.47. The number of anilines is 2. The van der Waals surface area contributed by atoms with Gasteiger partial charge in [0.25, 0.3) is 5.82 Å². The lowest BCUT2D eigenvalue weighted by Crippen LogP contribution is -2.39. The molecule has 0 aliphatic carbocycles. The number of nitrogens with zero attached hydrogens (tertiary/aromatic N) is 2. The van der Waals surface area contributed by atoms with Crippen LogP contribution in [0.3, 0.4) is 0 Å². The van der Waals surface area contributed by atoms with Crippen LogP contribution in [0.5, 0.6) is 0 Å². The minimum atomic E-state index is 0.444. The van der Waals surface area contributed by atoms with Crippen LogP contribution in [0.4, 0.5) is 11.5 Å². The Morgan fingerprint density at radius 2 is 1.78 bits per heavy atom. The Morgan fingerprint density at radius 1 is 1.13 bits per heavy atom. The van der Waals surface area contributed by atoms with E-state index >= 15 is 0 Å². The Bertz CT molecular complexity index is 523. The van der Waals surface area contributed by atoms with Crippen LogP contribution in [0, 0.1) is 11.3 Å². The fourth-order valence-electron chi connectivity index (χ4n) is 2.60. The van der Waals surface area contributed by atoms with Gasteiger partial charge in [-0.15, -0.1) is 0 Å². The molecule has 0 spiro atoms. The predicted molar refractivity (Wildman–Crippen MR) is 97.5 cm³/mol. The van der Waals surface area contributed by atoms with Crippen molar-refractivity contribution in [1.29, 1.82) is 5.26 Å². The van der Waals surface area contributed by atoms with Crippen LogP contribution in [0.25, 0.3) is 0 Å². The number of pyridine rings is 1. The summed E-state index contributed by atoms with van der Waals surface area (Å²) in [5.41, 5.74) is 7.38. The first kappa shape index (κ1) is 19.6. The maximum atomic E-state index is 9.44. The van der Waals surface area contributed by atoms with Gasteiger partial charge in [-0.1, -0.05) is 46.0 Å². The second-order valence-corrected chi connectivity index (χ2v) is 6.32. The van der Waals surface area contributed by atoms with Gasteiger partial charge in [0.2, 0.25) is 5.15 Å². The molecule has 1 rings (SSSR count). The molecular formula is C18H30ClN4+. The van der Waals surface area contributed by atoms with Crippen LogP contribution >= 0.6 is 11.6 Å². The predicted octanol–water partition coefficient (Wildman–Crippen LogP) is 4.65. The Morgan fingerprint density at radius 3 is 2.39 bits per heavy atom. The van der Waals surface area contributed by atoms with Gasteiger partial charge < -0.3 is 5.32 Å². The van der Waals surface area contributed by atoms with Crippen molar-refractivity contribution in [3.63, 3.8) is 0 Å². The fraction of sp³-hybridized carbons (Fsp3) is 0.667. The van der Waals surface area contributed by atoms with Gasteiger partial charge in [0.05, 0.1) is 18.3 Å². The second-order valence-electron chi connectivity index (χ2n) is 5.96. The van der Waals surface area contributed by atoms with E-state index in [4.69, 9.17) is 17.3 Å². The molecule has 0 saturated carbocycles. The van der Waals surface area contributed by atoms with Crippen LogP contribution in [0.15, 0.2) is 6.07 Å². The SMILES string of the molecule is CCCCCCNc1cc(N)[n+](CCCCCC)c(Cl)c1C#N. The summed E-state index contributed by atoms with van der Waals surface area (Å²) in [5.74, 6) is 0.613. The molecule has 1 heterocycles. The lowest BCUT2D eigenvalue weighted by molar-refractivity contribution is -0.681. The molecule has 0 aliphatic heterocycles. The summed E-state index contributed by atoms with van der Waals surface area (Å²) in [6.07, 6.45) is 9.31. The number of aromatic nitrogens is 1. The van der Waals surface area contributed by atoms with E-state index in [2.05, 4.69) is 25.2 Å². The third-order valence-corrected chi connectivity index (χ3v) is 4.40. The summed E-state index contributed by atoms with van der Waals surface area (Å²) in [5, 5.41) is 13.2. The van der Waals surface area contributed by atoms with E-state index in [1.807, 2.05) is 10.6 Å². The maximum absolute atomic E-state index is 9.44. The number of hydrogen-bond donors (Lipinski definition) is 2. The van der Waals surface area contributed by atoms with Crippen molar-refractivity contribution in [3.05, 3.63) is 16.8 Å². The highest BCUT2D eigenvalue weighted by molar-refractivity contribution is 6.30. The molecule has 3 N–H and O–H groups in total. The Hall–Kier alpha value is -1.47. The molecule has 0 aliphatic rings. The highest BCUT2D eigenvalue weighted by Crippen LogP contribution is 2.23. The van der Waals surface area contributed by atoms with Crippen molar-refractivity contribution in [3.8, 4) is 6.07 Å². The zero-order valence-corrected chi connectivity index (χ0v) is 15.3. The zero-order valence-electron chi connectivity index (χ0n) is 14.5. The van der Waals surface area contributed by atoms with Crippen molar-refractivity contribution in [2.45, 2.75) is 71.8 Å². The van der Waals surface area contributed by atoms with Crippen molar-refractivity contribution in [1.82, 2.24) is 0 Å². The molecule has 0 amide bonds. The highest BCUT2D eigenvalue weighted by atomic mass is 35.5. The second kappa shape index (κ2) is 11.1. The van der Waals surface area contributed by atoms with Crippen molar-refractivity contribution in [2.24, 2.45) is 0 Å². The Balaban J connectivity index is 2.75. The van der Waals surface area contributed by atoms with E-state index in [1.165, 1.54) is 32.1 Å². The van der Waals surface area contributed by atoms with Gasteiger partial charge in [-0.25, -0.2) is 4.57 Å². The van der Waals surface area contributed by atoms with E-state index < -0.39 is 0 Å². The summed E-state index contributed by atoms with van der Waals surface area (Å²) in [7, 11) is 0. The number of nitrogens with two attached hydrogens (primary N) is 1. The van der Waals surface area contributed by atoms with Crippen LogP contribution in [0.1, 0.15) is 70.8 Å². The largest absolute Gasteiger partial charge is 0.384 e. The van der Waals surface area contributed by atoms with E-state index in [-0.39, 0.29) is 0 Å². The third kappa shape index (κ3) is 6.27. The fourth-order valence-corrected chi connectivity index (χ4v) is 2.93. The van der Waals surface area contributed by atoms with Crippen molar-refractivity contribution >= 4 is 23.1 Å². The van der Waals surface area contributed by atoms with Crippen LogP contribution in [-0.2, 0) is 6.54 Å². The van der Waals surface area contributed by atoms with Crippen LogP contribution in [-0.4, -0.2) is 6.54 Å². The summed E-state index contributed by atoms with van der Waals surface area (Å²) in [6.45, 7) is 5.97. The first-order valence-electron chi connectivity index (χ1n) is 8.81. The van der Waals surface area contributed by atoms with Crippen LogP contribution < -0.4 is 15.6 Å². The molecule has 0 bridgehead atoms. The van der Waals surface area contributed by atoms with E-state index in [1.54, 1.807) is 0 Å². The monoisotopic (exact) mass is 337 g/mol. The summed E-state index contributed by atoms with van der Waals surface area (Å²) in [6, 6.07) is 4.05. The number of unbranched alkanes of at least 4 members (excludes halogenated alkanes) is 6. The Labute approximate surface area is 145 Å². The molecule has 0 aromatic carbocycles. The van der Waals surface area contributed by atoms with Gasteiger partial charge in [0.1, 0.15) is 11.6 Å². The van der Waals surface area contributed by atoms with Gasteiger partial charge >= 0.3 is 0 Å². The summed E-state index contributed by atoms with van der Waals surface area (Å²) < 4.78 is 1.85. The number of halogens is 1. The quantitative estimate of drug-likeness (QED) is 0.351. The van der Waals surface area contributed by atoms with Crippen molar-refractivity contribution < 1.29 is 4.57 Å². The standard InChI is InChI=1S/C18H29ClN4/c1-3-5-7-9-11-22-16-13-17(21)23(12-10-8-6-4-2)18(19)15(16)14-20/h13H,3-12H2,1-2H3,(H2,21,22)/p+1. The van der Waals surface area contributed by atoms with E-state index in [0.717, 1.165) is 38.0 Å². The minimum absolute atomic E-state index is 0.444. The maximum Gasteiger partial charge on any atom is 0.275 e.